The monoisotopic (exact) mass is 472 g/mol. The Kier molecular flexibility index (Phi) is 5.91. The van der Waals surface area contributed by atoms with Crippen LogP contribution < -0.4 is 5.32 Å². The predicted octanol–water partition coefficient (Wildman–Crippen LogP) is 5.51. The first-order valence-corrected chi connectivity index (χ1v) is 12.4. The number of thiazole rings is 1. The maximum atomic E-state index is 12.2. The molecule has 0 unspecified atom stereocenters. The number of carbonyl (C=O) groups excluding carboxylic acids is 1. The molecule has 5 rings (SSSR count). The average Bonchev–Trinajstić information content (AvgIpc) is 3.41. The number of benzene rings is 1. The van der Waals surface area contributed by atoms with E-state index in [1.807, 2.05) is 23.0 Å². The summed E-state index contributed by atoms with van der Waals surface area (Å²) in [6, 6.07) is 12.3. The van der Waals surface area contributed by atoms with Gasteiger partial charge in [0.25, 0.3) is 0 Å². The number of para-hydroxylation sites is 1. The van der Waals surface area contributed by atoms with E-state index in [0.29, 0.717) is 5.13 Å². The molecule has 7 nitrogen and oxygen atoms in total. The number of nitrogens with one attached hydrogen (secondary N) is 1. The Bertz CT molecular complexity index is 1350. The third-order valence-corrected chi connectivity index (χ3v) is 7.10. The van der Waals surface area contributed by atoms with Crippen molar-refractivity contribution in [3.63, 3.8) is 0 Å². The van der Waals surface area contributed by atoms with Crippen molar-refractivity contribution < 1.29 is 4.79 Å². The first kappa shape index (κ1) is 22.3. The Morgan fingerprint density at radius 1 is 1.18 bits per heavy atom. The van der Waals surface area contributed by atoms with Crippen LogP contribution in [0.3, 0.4) is 0 Å². The minimum absolute atomic E-state index is 0.183. The number of aryl methyl sites for hydroxylation is 3. The van der Waals surface area contributed by atoms with Crippen LogP contribution in [0.5, 0.6) is 0 Å². The van der Waals surface area contributed by atoms with Crippen molar-refractivity contribution in [1.82, 2.24) is 24.6 Å². The van der Waals surface area contributed by atoms with Crippen LogP contribution in [0.2, 0.25) is 0 Å². The topological polar surface area (TPSA) is 75.9 Å². The number of anilines is 1. The molecule has 1 aromatic carbocycles. The van der Waals surface area contributed by atoms with Crippen LogP contribution in [-0.2, 0) is 19.3 Å². The minimum atomic E-state index is -0.183. The number of hydrogen-bond donors (Lipinski definition) is 1. The molecule has 0 bridgehead atoms. The first-order chi connectivity index (χ1) is 16.5. The van der Waals surface area contributed by atoms with Crippen molar-refractivity contribution >= 4 is 22.5 Å². The fraction of sp³-hybridized carbons (Fsp3) is 0.308. The number of fused-ring (bicyclic) bond motifs is 3. The highest BCUT2D eigenvalue weighted by atomic mass is 32.1. The van der Waals surface area contributed by atoms with Crippen molar-refractivity contribution in [2.45, 2.75) is 39.5 Å². The second-order valence-corrected chi connectivity index (χ2v) is 9.78. The molecule has 0 saturated heterocycles. The smallest absolute Gasteiger partial charge is 0.323 e. The third kappa shape index (κ3) is 3.98. The lowest BCUT2D eigenvalue weighted by atomic mass is 9.95. The largest absolute Gasteiger partial charge is 0.331 e. The van der Waals surface area contributed by atoms with Crippen molar-refractivity contribution in [3.05, 3.63) is 65.1 Å². The third-order valence-electron chi connectivity index (χ3n) is 6.08. The lowest BCUT2D eigenvalue weighted by Crippen LogP contribution is -2.27. The van der Waals surface area contributed by atoms with Crippen LogP contribution in [0.15, 0.2) is 42.6 Å². The molecule has 4 aromatic rings. The van der Waals surface area contributed by atoms with E-state index >= 15 is 0 Å². The highest BCUT2D eigenvalue weighted by Gasteiger charge is 2.30. The van der Waals surface area contributed by atoms with Gasteiger partial charge < -0.3 is 4.90 Å². The van der Waals surface area contributed by atoms with E-state index in [-0.39, 0.29) is 6.03 Å². The number of pyridine rings is 1. The van der Waals surface area contributed by atoms with Crippen LogP contribution in [0, 0.1) is 6.92 Å². The lowest BCUT2D eigenvalue weighted by molar-refractivity contribution is 0.230. The number of hydrogen-bond acceptors (Lipinski definition) is 5. The van der Waals surface area contributed by atoms with Gasteiger partial charge in [-0.3, -0.25) is 10.3 Å². The zero-order valence-electron chi connectivity index (χ0n) is 19.9. The van der Waals surface area contributed by atoms with Crippen molar-refractivity contribution in [1.29, 1.82) is 0 Å². The Labute approximate surface area is 203 Å². The van der Waals surface area contributed by atoms with E-state index in [1.54, 1.807) is 14.1 Å². The van der Waals surface area contributed by atoms with Crippen LogP contribution in [0.25, 0.3) is 27.5 Å². The SMILES string of the molecule is CCCc1ccc(-c2nn(-c3ccccc3C)c3c2CCc2nc(NC(=O)N(C)C)sc2-3)cn1. The highest BCUT2D eigenvalue weighted by molar-refractivity contribution is 7.19. The molecule has 34 heavy (non-hydrogen) atoms. The zero-order valence-corrected chi connectivity index (χ0v) is 20.7. The summed E-state index contributed by atoms with van der Waals surface area (Å²) in [5, 5.41) is 8.65. The number of nitrogens with zero attached hydrogens (tertiary/aromatic N) is 5. The van der Waals surface area contributed by atoms with Crippen LogP contribution in [0.1, 0.15) is 35.9 Å². The van der Waals surface area contributed by atoms with Gasteiger partial charge in [0.2, 0.25) is 0 Å². The van der Waals surface area contributed by atoms with Crippen molar-refractivity contribution in [3.8, 4) is 27.5 Å². The quantitative estimate of drug-likeness (QED) is 0.415. The highest BCUT2D eigenvalue weighted by Crippen LogP contribution is 2.44. The van der Waals surface area contributed by atoms with Gasteiger partial charge in [-0.1, -0.05) is 42.9 Å². The fourth-order valence-corrected chi connectivity index (χ4v) is 5.36. The van der Waals surface area contributed by atoms with E-state index in [2.05, 4.69) is 48.4 Å². The Morgan fingerprint density at radius 2 is 2.00 bits per heavy atom. The molecule has 3 aromatic heterocycles. The summed E-state index contributed by atoms with van der Waals surface area (Å²) in [7, 11) is 3.45. The zero-order chi connectivity index (χ0) is 23.8. The van der Waals surface area contributed by atoms with E-state index in [4.69, 9.17) is 10.1 Å². The second-order valence-electron chi connectivity index (χ2n) is 8.78. The summed E-state index contributed by atoms with van der Waals surface area (Å²) in [5.74, 6) is 0. The first-order valence-electron chi connectivity index (χ1n) is 11.6. The summed E-state index contributed by atoms with van der Waals surface area (Å²) in [4.78, 5) is 24.2. The van der Waals surface area contributed by atoms with Crippen molar-refractivity contribution in [2.24, 2.45) is 0 Å². The van der Waals surface area contributed by atoms with E-state index in [9.17, 15) is 4.79 Å². The van der Waals surface area contributed by atoms with Gasteiger partial charge in [0, 0.05) is 37.1 Å². The maximum Gasteiger partial charge on any atom is 0.323 e. The summed E-state index contributed by atoms with van der Waals surface area (Å²) in [6.07, 6.45) is 5.64. The molecule has 174 valence electrons. The second kappa shape index (κ2) is 9.02. The fourth-order valence-electron chi connectivity index (χ4n) is 4.30. The van der Waals surface area contributed by atoms with E-state index in [1.165, 1.54) is 21.8 Å². The van der Waals surface area contributed by atoms with Gasteiger partial charge in [-0.2, -0.15) is 5.10 Å². The van der Waals surface area contributed by atoms with Crippen LogP contribution >= 0.6 is 11.3 Å². The van der Waals surface area contributed by atoms with Gasteiger partial charge >= 0.3 is 6.03 Å². The molecule has 1 aliphatic rings. The molecule has 3 heterocycles. The van der Waals surface area contributed by atoms with Gasteiger partial charge in [0.1, 0.15) is 0 Å². The molecule has 0 spiro atoms. The molecular formula is C26H28N6OS. The van der Waals surface area contributed by atoms with Crippen LogP contribution in [0.4, 0.5) is 9.93 Å². The lowest BCUT2D eigenvalue weighted by Gasteiger charge is -2.15. The molecule has 8 heteroatoms. The molecule has 0 aliphatic heterocycles. The molecular weight excluding hydrogens is 444 g/mol. The maximum absolute atomic E-state index is 12.2. The minimum Gasteiger partial charge on any atom is -0.331 e. The van der Waals surface area contributed by atoms with Gasteiger partial charge in [0.15, 0.2) is 5.13 Å². The van der Waals surface area contributed by atoms with Gasteiger partial charge in [-0.25, -0.2) is 14.5 Å². The number of aromatic nitrogens is 4. The number of urea groups is 1. The molecule has 0 saturated carbocycles. The Morgan fingerprint density at radius 3 is 2.71 bits per heavy atom. The molecule has 0 radical (unpaired) electrons. The summed E-state index contributed by atoms with van der Waals surface area (Å²) in [6.45, 7) is 4.26. The van der Waals surface area contributed by atoms with Crippen LogP contribution in [-0.4, -0.2) is 44.8 Å². The van der Waals surface area contributed by atoms with E-state index in [0.717, 1.165) is 70.2 Å². The standard InChI is InChI=1S/C26H28N6OS/c1-5-8-18-12-11-17(15-27-18)22-19-13-14-20-24(34-25(28-20)29-26(33)31(3)4)23(19)32(30-22)21-10-7-6-9-16(21)2/h6-7,9-12,15H,5,8,13-14H2,1-4H3,(H,28,29,33). The number of amides is 2. The molecule has 0 fully saturated rings. The van der Waals surface area contributed by atoms with Gasteiger partial charge in [-0.05, 0) is 49.9 Å². The molecule has 1 N–H and O–H groups in total. The Hall–Kier alpha value is -3.52. The molecule has 0 atom stereocenters. The number of carbonyl (C=O) groups is 1. The van der Waals surface area contributed by atoms with E-state index < -0.39 is 0 Å². The normalized spacial score (nSPS) is 12.2. The van der Waals surface area contributed by atoms with Gasteiger partial charge in [-0.15, -0.1) is 0 Å². The summed E-state index contributed by atoms with van der Waals surface area (Å²) < 4.78 is 2.05. The Balaban J connectivity index is 1.66. The average molecular weight is 473 g/mol. The predicted molar refractivity (Wildman–Crippen MR) is 137 cm³/mol. The molecule has 1 aliphatic carbocycles. The van der Waals surface area contributed by atoms with Gasteiger partial charge in [0.05, 0.1) is 27.6 Å². The van der Waals surface area contributed by atoms with Crippen molar-refractivity contribution in [2.75, 3.05) is 19.4 Å². The summed E-state index contributed by atoms with van der Waals surface area (Å²) >= 11 is 1.51. The number of rotatable bonds is 5. The molecule has 2 amide bonds. The summed E-state index contributed by atoms with van der Waals surface area (Å²) in [5.41, 5.74) is 8.55.